The molecule has 3 atom stereocenters. The lowest BCUT2D eigenvalue weighted by Crippen LogP contribution is -2.54. The number of fused-ring (bicyclic) bond motifs is 3. The topological polar surface area (TPSA) is 37.3 Å². The molecule has 27 heavy (non-hydrogen) atoms. The van der Waals surface area contributed by atoms with Crippen LogP contribution in [0.5, 0.6) is 0 Å². The van der Waals surface area contributed by atoms with Crippen LogP contribution in [-0.2, 0) is 4.79 Å². The largest absolute Gasteiger partial charge is 0.369 e. The number of aliphatic hydroxyl groups is 1. The Bertz CT molecular complexity index is 842. The van der Waals surface area contributed by atoms with E-state index in [1.807, 2.05) is 48.6 Å². The Morgan fingerprint density at radius 1 is 1.11 bits per heavy atom. The molecule has 2 heteroatoms. The standard InChI is InChI=1S/C25H29O2/c1-23(2)13-7-14-24(3)21-16-19(26)10-11-20(21)25(27,17-22(23)24)15-12-18-8-5-4-6-9-18/h4-6,8-12,15-16,22,27H,7,13-14,17H2,1-3H3/q+1/b15-12+/t22-,24+,25-/m1/s1. The highest BCUT2D eigenvalue weighted by molar-refractivity contribution is 6.01. The van der Waals surface area contributed by atoms with Gasteiger partial charge < -0.3 is 5.11 Å². The van der Waals surface area contributed by atoms with Crippen LogP contribution in [0.2, 0.25) is 0 Å². The van der Waals surface area contributed by atoms with Crippen molar-refractivity contribution >= 4 is 11.9 Å². The van der Waals surface area contributed by atoms with Gasteiger partial charge in [0, 0.05) is 11.8 Å². The summed E-state index contributed by atoms with van der Waals surface area (Å²) < 4.78 is 0. The van der Waals surface area contributed by atoms with E-state index < -0.39 is 5.60 Å². The fourth-order valence-corrected chi connectivity index (χ4v) is 5.70. The molecule has 4 rings (SSSR count). The summed E-state index contributed by atoms with van der Waals surface area (Å²) in [5, 5.41) is 11.8. The lowest BCUT2D eigenvalue weighted by molar-refractivity contribution is -0.111. The molecule has 2 nitrogen and oxygen atoms in total. The molecular formula is C25H29O2+. The highest BCUT2D eigenvalue weighted by atomic mass is 16.3. The zero-order valence-electron chi connectivity index (χ0n) is 16.5. The molecule has 0 radical (unpaired) electrons. The normalized spacial score (nSPS) is 35.0. The second-order valence-electron chi connectivity index (χ2n) is 9.39. The number of hydrogen-bond acceptors (Lipinski definition) is 2. The summed E-state index contributed by atoms with van der Waals surface area (Å²) in [6.07, 6.45) is 13.3. The van der Waals surface area contributed by atoms with Gasteiger partial charge in [0.15, 0.2) is 5.60 Å². The second kappa shape index (κ2) is 6.24. The molecule has 2 fully saturated rings. The van der Waals surface area contributed by atoms with E-state index in [1.54, 1.807) is 12.5 Å². The minimum Gasteiger partial charge on any atom is -0.369 e. The first-order valence-electron chi connectivity index (χ1n) is 10.0. The average molecular weight is 362 g/mol. The minimum absolute atomic E-state index is 0.0355. The number of rotatable bonds is 2. The number of allylic oxidation sites excluding steroid dienone is 2. The highest BCUT2D eigenvalue weighted by Gasteiger charge is 2.60. The summed E-state index contributed by atoms with van der Waals surface area (Å²) in [5.41, 5.74) is 2.08. The molecular weight excluding hydrogens is 332 g/mol. The molecule has 0 saturated heterocycles. The van der Waals surface area contributed by atoms with Gasteiger partial charge in [0.2, 0.25) is 0 Å². The summed E-state index contributed by atoms with van der Waals surface area (Å²) in [4.78, 5) is 12.2. The Labute approximate surface area is 162 Å². The molecule has 0 heterocycles. The second-order valence-corrected chi connectivity index (χ2v) is 9.39. The molecule has 0 aromatic heterocycles. The molecule has 3 aliphatic carbocycles. The highest BCUT2D eigenvalue weighted by Crippen LogP contribution is 2.63. The first kappa shape index (κ1) is 18.3. The van der Waals surface area contributed by atoms with Crippen LogP contribution in [0.1, 0.15) is 52.0 Å². The quantitative estimate of drug-likeness (QED) is 0.725. The molecule has 1 N–H and O–H groups in total. The fourth-order valence-electron chi connectivity index (χ4n) is 5.70. The van der Waals surface area contributed by atoms with Crippen LogP contribution in [0, 0.1) is 23.2 Å². The van der Waals surface area contributed by atoms with Crippen LogP contribution >= 0.6 is 0 Å². The fraction of sp³-hybridized carbons (Fsp3) is 0.440. The predicted molar refractivity (Wildman–Crippen MR) is 110 cm³/mol. The third-order valence-electron chi connectivity index (χ3n) is 7.17. The molecule has 1 aromatic rings. The van der Waals surface area contributed by atoms with Crippen molar-refractivity contribution in [3.05, 3.63) is 71.7 Å². The van der Waals surface area contributed by atoms with Gasteiger partial charge in [-0.25, -0.2) is 0 Å². The van der Waals surface area contributed by atoms with Crippen LogP contribution in [0.3, 0.4) is 0 Å². The smallest absolute Gasteiger partial charge is 0.285 e. The summed E-state index contributed by atoms with van der Waals surface area (Å²) in [7, 11) is 0. The number of carbonyl (C=O) groups excluding carboxylic acids is 1. The molecule has 140 valence electrons. The Morgan fingerprint density at radius 2 is 1.85 bits per heavy atom. The summed E-state index contributed by atoms with van der Waals surface area (Å²) >= 11 is 0. The van der Waals surface area contributed by atoms with Crippen molar-refractivity contribution in [3.63, 3.8) is 0 Å². The van der Waals surface area contributed by atoms with Crippen LogP contribution in [0.25, 0.3) is 6.08 Å². The van der Waals surface area contributed by atoms with Gasteiger partial charge in [-0.15, -0.1) is 0 Å². The first-order chi connectivity index (χ1) is 12.7. The van der Waals surface area contributed by atoms with Gasteiger partial charge in [0.05, 0.1) is 29.7 Å². The summed E-state index contributed by atoms with van der Waals surface area (Å²) in [6, 6.07) is 10.1. The zero-order valence-corrected chi connectivity index (χ0v) is 16.5. The van der Waals surface area contributed by atoms with Gasteiger partial charge in [-0.3, -0.25) is 4.79 Å². The van der Waals surface area contributed by atoms with Crippen molar-refractivity contribution in [2.24, 2.45) is 16.7 Å². The minimum atomic E-state index is -1.04. The lowest BCUT2D eigenvalue weighted by atomic mass is 9.46. The van der Waals surface area contributed by atoms with Crippen molar-refractivity contribution in [2.45, 2.75) is 52.1 Å². The number of benzene rings is 1. The zero-order chi connectivity index (χ0) is 19.3. The summed E-state index contributed by atoms with van der Waals surface area (Å²) in [6.45, 7) is 6.95. The van der Waals surface area contributed by atoms with Crippen LogP contribution in [0.15, 0.2) is 59.7 Å². The van der Waals surface area contributed by atoms with E-state index in [2.05, 4.69) is 20.8 Å². The van der Waals surface area contributed by atoms with E-state index in [4.69, 9.17) is 0 Å². The third kappa shape index (κ3) is 3.00. The van der Waals surface area contributed by atoms with Gasteiger partial charge in [-0.2, -0.15) is 0 Å². The number of hydrogen-bond donors (Lipinski definition) is 1. The monoisotopic (exact) mass is 361 g/mol. The molecule has 0 spiro atoms. The number of carbonyl (C=O) groups is 1. The van der Waals surface area contributed by atoms with E-state index in [0.717, 1.165) is 29.6 Å². The van der Waals surface area contributed by atoms with Gasteiger partial charge in [0.25, 0.3) is 5.78 Å². The van der Waals surface area contributed by atoms with Crippen molar-refractivity contribution in [1.82, 2.24) is 0 Å². The lowest BCUT2D eigenvalue weighted by Gasteiger charge is -2.56. The van der Waals surface area contributed by atoms with Crippen molar-refractivity contribution in [1.29, 1.82) is 0 Å². The van der Waals surface area contributed by atoms with Crippen molar-refractivity contribution in [2.75, 3.05) is 0 Å². The van der Waals surface area contributed by atoms with Crippen LogP contribution < -0.4 is 0 Å². The molecule has 0 unspecified atom stereocenters. The molecule has 0 amide bonds. The van der Waals surface area contributed by atoms with Gasteiger partial charge in [-0.1, -0.05) is 63.6 Å². The Hall–Kier alpha value is -2.06. The predicted octanol–water partition coefficient (Wildman–Crippen LogP) is 5.31. The number of ketones is 1. The van der Waals surface area contributed by atoms with E-state index in [1.165, 1.54) is 6.42 Å². The average Bonchev–Trinajstić information content (AvgIpc) is 2.63. The molecule has 2 saturated carbocycles. The van der Waals surface area contributed by atoms with E-state index in [0.29, 0.717) is 12.3 Å². The Morgan fingerprint density at radius 3 is 2.59 bits per heavy atom. The molecule has 3 aliphatic rings. The van der Waals surface area contributed by atoms with E-state index in [-0.39, 0.29) is 16.6 Å². The first-order valence-corrected chi connectivity index (χ1v) is 10.0. The van der Waals surface area contributed by atoms with E-state index >= 15 is 0 Å². The molecule has 1 aromatic carbocycles. The SMILES string of the molecule is CC1(C)CCC[C@@]2(C)C3=CC(=O)[CH+]C=C3[C@@](O)(/C=C/c3ccccc3)C[C@H]12. The Balaban J connectivity index is 1.80. The maximum Gasteiger partial charge on any atom is 0.285 e. The van der Waals surface area contributed by atoms with Crippen molar-refractivity contribution < 1.29 is 9.90 Å². The van der Waals surface area contributed by atoms with Gasteiger partial charge >= 0.3 is 0 Å². The van der Waals surface area contributed by atoms with Crippen LogP contribution in [0.4, 0.5) is 0 Å². The maximum absolute atomic E-state index is 12.2. The van der Waals surface area contributed by atoms with Gasteiger partial charge in [0.1, 0.15) is 0 Å². The Kier molecular flexibility index (Phi) is 4.23. The molecule has 0 bridgehead atoms. The van der Waals surface area contributed by atoms with Gasteiger partial charge in [-0.05, 0) is 35.8 Å². The third-order valence-corrected chi connectivity index (χ3v) is 7.17. The van der Waals surface area contributed by atoms with E-state index in [9.17, 15) is 9.90 Å². The van der Waals surface area contributed by atoms with Crippen molar-refractivity contribution in [3.8, 4) is 0 Å². The maximum atomic E-state index is 12.2. The summed E-state index contributed by atoms with van der Waals surface area (Å²) in [5.74, 6) is 0.367. The van der Waals surface area contributed by atoms with Crippen LogP contribution in [-0.4, -0.2) is 16.5 Å². The molecule has 0 aliphatic heterocycles.